The maximum atomic E-state index is 10.9. The van der Waals surface area contributed by atoms with Crippen molar-refractivity contribution in [3.05, 3.63) is 0 Å². The van der Waals surface area contributed by atoms with Gasteiger partial charge in [0.05, 0.1) is 0 Å². The lowest BCUT2D eigenvalue weighted by Gasteiger charge is -2.23. The molecule has 0 fully saturated rings. The van der Waals surface area contributed by atoms with E-state index in [9.17, 15) is 4.79 Å². The number of primary amides is 1. The number of likely N-dealkylation sites (N-methyl/N-ethyl adjacent to an activating group) is 1. The molecular weight excluding hydrogens is 168 g/mol. The lowest BCUT2D eigenvalue weighted by molar-refractivity contribution is 0.198. The summed E-state index contributed by atoms with van der Waals surface area (Å²) in [6, 6.07) is -0.436. The van der Waals surface area contributed by atoms with Crippen LogP contribution < -0.4 is 11.5 Å². The third-order valence-electron chi connectivity index (χ3n) is 1.64. The molecule has 0 rings (SSSR count). The predicted octanol–water partition coefficient (Wildman–Crippen LogP) is -0.724. The standard InChI is InChI=1S/C8H20N4O/c1-7(9)6-12(8(10)13)5-4-11(2)3/h7H,4-6,9H2,1-3H3,(H2,10,13). The van der Waals surface area contributed by atoms with Gasteiger partial charge in [0.25, 0.3) is 0 Å². The summed E-state index contributed by atoms with van der Waals surface area (Å²) in [4.78, 5) is 14.5. The summed E-state index contributed by atoms with van der Waals surface area (Å²) in [5.41, 5.74) is 10.8. The maximum Gasteiger partial charge on any atom is 0.314 e. The van der Waals surface area contributed by atoms with Crippen LogP contribution in [-0.4, -0.2) is 55.6 Å². The van der Waals surface area contributed by atoms with E-state index in [1.54, 1.807) is 4.90 Å². The third kappa shape index (κ3) is 6.36. The first-order chi connectivity index (χ1) is 5.93. The van der Waals surface area contributed by atoms with Gasteiger partial charge in [-0.15, -0.1) is 0 Å². The Balaban J connectivity index is 3.88. The van der Waals surface area contributed by atoms with Crippen molar-refractivity contribution in [3.8, 4) is 0 Å². The van der Waals surface area contributed by atoms with Gasteiger partial charge in [0.2, 0.25) is 0 Å². The summed E-state index contributed by atoms with van der Waals surface area (Å²) in [6.45, 7) is 3.80. The van der Waals surface area contributed by atoms with E-state index in [1.807, 2.05) is 25.9 Å². The first-order valence-corrected chi connectivity index (χ1v) is 4.38. The van der Waals surface area contributed by atoms with Gasteiger partial charge in [-0.25, -0.2) is 4.79 Å². The van der Waals surface area contributed by atoms with Crippen molar-refractivity contribution in [3.63, 3.8) is 0 Å². The quantitative estimate of drug-likeness (QED) is 0.597. The van der Waals surface area contributed by atoms with Crippen molar-refractivity contribution in [1.82, 2.24) is 9.80 Å². The smallest absolute Gasteiger partial charge is 0.314 e. The number of nitrogens with zero attached hydrogens (tertiary/aromatic N) is 2. The zero-order valence-electron chi connectivity index (χ0n) is 8.66. The Morgan fingerprint density at radius 2 is 1.92 bits per heavy atom. The molecule has 0 aliphatic carbocycles. The van der Waals surface area contributed by atoms with Gasteiger partial charge in [-0.2, -0.15) is 0 Å². The van der Waals surface area contributed by atoms with Crippen LogP contribution in [0, 0.1) is 0 Å². The highest BCUT2D eigenvalue weighted by molar-refractivity contribution is 5.72. The Kier molecular flexibility index (Phi) is 5.41. The van der Waals surface area contributed by atoms with Gasteiger partial charge < -0.3 is 21.3 Å². The normalized spacial score (nSPS) is 13.0. The van der Waals surface area contributed by atoms with Crippen LogP contribution in [0.2, 0.25) is 0 Å². The van der Waals surface area contributed by atoms with Crippen LogP contribution in [0.5, 0.6) is 0 Å². The van der Waals surface area contributed by atoms with Crippen LogP contribution in [0.15, 0.2) is 0 Å². The molecule has 0 aromatic carbocycles. The Bertz CT molecular complexity index is 158. The number of hydrogen-bond acceptors (Lipinski definition) is 3. The number of carbonyl (C=O) groups excluding carboxylic acids is 1. The van der Waals surface area contributed by atoms with E-state index in [0.29, 0.717) is 13.1 Å². The maximum absolute atomic E-state index is 10.9. The fourth-order valence-electron chi connectivity index (χ4n) is 0.960. The monoisotopic (exact) mass is 188 g/mol. The van der Waals surface area contributed by atoms with Crippen molar-refractivity contribution in [1.29, 1.82) is 0 Å². The molecule has 0 saturated carbocycles. The minimum Gasteiger partial charge on any atom is -0.351 e. The van der Waals surface area contributed by atoms with E-state index in [2.05, 4.69) is 0 Å². The molecule has 0 aromatic heterocycles. The topological polar surface area (TPSA) is 75.6 Å². The zero-order chi connectivity index (χ0) is 10.4. The van der Waals surface area contributed by atoms with Gasteiger partial charge >= 0.3 is 6.03 Å². The second kappa shape index (κ2) is 5.77. The van der Waals surface area contributed by atoms with Gasteiger partial charge in [0.15, 0.2) is 0 Å². The van der Waals surface area contributed by atoms with Crippen LogP contribution in [0.25, 0.3) is 0 Å². The molecule has 0 heterocycles. The van der Waals surface area contributed by atoms with Crippen LogP contribution >= 0.6 is 0 Å². The van der Waals surface area contributed by atoms with Crippen molar-refractivity contribution in [2.24, 2.45) is 11.5 Å². The van der Waals surface area contributed by atoms with Gasteiger partial charge in [0.1, 0.15) is 0 Å². The van der Waals surface area contributed by atoms with Crippen molar-refractivity contribution >= 4 is 6.03 Å². The fraction of sp³-hybridized carbons (Fsp3) is 0.875. The summed E-state index contributed by atoms with van der Waals surface area (Å²) in [7, 11) is 3.90. The molecule has 5 nitrogen and oxygen atoms in total. The fourth-order valence-corrected chi connectivity index (χ4v) is 0.960. The minimum atomic E-state index is -0.404. The number of amides is 2. The number of carbonyl (C=O) groups is 1. The molecule has 0 radical (unpaired) electrons. The molecule has 2 amide bonds. The highest BCUT2D eigenvalue weighted by Crippen LogP contribution is 1.90. The molecule has 13 heavy (non-hydrogen) atoms. The summed E-state index contributed by atoms with van der Waals surface area (Å²) < 4.78 is 0. The summed E-state index contributed by atoms with van der Waals surface area (Å²) in [6.07, 6.45) is 0. The highest BCUT2D eigenvalue weighted by atomic mass is 16.2. The first-order valence-electron chi connectivity index (χ1n) is 4.38. The predicted molar refractivity (Wildman–Crippen MR) is 53.4 cm³/mol. The third-order valence-corrected chi connectivity index (χ3v) is 1.64. The van der Waals surface area contributed by atoms with E-state index in [-0.39, 0.29) is 6.04 Å². The molecule has 4 N–H and O–H groups in total. The van der Waals surface area contributed by atoms with Crippen LogP contribution in [0.4, 0.5) is 4.79 Å². The van der Waals surface area contributed by atoms with Gasteiger partial charge in [-0.05, 0) is 21.0 Å². The molecule has 0 bridgehead atoms. The van der Waals surface area contributed by atoms with Crippen LogP contribution in [0.1, 0.15) is 6.92 Å². The Labute approximate surface area is 79.7 Å². The number of rotatable bonds is 5. The average molecular weight is 188 g/mol. The van der Waals surface area contributed by atoms with E-state index in [4.69, 9.17) is 11.5 Å². The van der Waals surface area contributed by atoms with Gasteiger partial charge in [-0.3, -0.25) is 0 Å². The molecule has 1 atom stereocenters. The SMILES string of the molecule is CC(N)CN(CCN(C)C)C(N)=O. The summed E-state index contributed by atoms with van der Waals surface area (Å²) in [5.74, 6) is 0. The zero-order valence-corrected chi connectivity index (χ0v) is 8.66. The van der Waals surface area contributed by atoms with Crippen molar-refractivity contribution in [2.45, 2.75) is 13.0 Å². The molecule has 78 valence electrons. The Hall–Kier alpha value is -0.810. The molecule has 1 unspecified atom stereocenters. The number of hydrogen-bond donors (Lipinski definition) is 2. The molecule has 0 aliphatic rings. The van der Waals surface area contributed by atoms with Gasteiger partial charge in [0, 0.05) is 25.7 Å². The molecule has 0 saturated heterocycles. The van der Waals surface area contributed by atoms with Crippen molar-refractivity contribution in [2.75, 3.05) is 33.7 Å². The molecule has 0 aromatic rings. The number of urea groups is 1. The lowest BCUT2D eigenvalue weighted by Crippen LogP contribution is -2.45. The Morgan fingerprint density at radius 3 is 2.23 bits per heavy atom. The van der Waals surface area contributed by atoms with E-state index < -0.39 is 6.03 Å². The lowest BCUT2D eigenvalue weighted by atomic mass is 10.3. The molecule has 5 heteroatoms. The van der Waals surface area contributed by atoms with Crippen LogP contribution in [-0.2, 0) is 0 Å². The first kappa shape index (κ1) is 12.2. The molecule has 0 spiro atoms. The Morgan fingerprint density at radius 1 is 1.38 bits per heavy atom. The van der Waals surface area contributed by atoms with Gasteiger partial charge in [-0.1, -0.05) is 0 Å². The molecule has 0 aliphatic heterocycles. The van der Waals surface area contributed by atoms with Crippen molar-refractivity contribution < 1.29 is 4.79 Å². The highest BCUT2D eigenvalue weighted by Gasteiger charge is 2.10. The second-order valence-corrected chi connectivity index (χ2v) is 3.56. The average Bonchev–Trinajstić information content (AvgIpc) is 1.96. The van der Waals surface area contributed by atoms with E-state index >= 15 is 0 Å². The molecular formula is C8H20N4O. The largest absolute Gasteiger partial charge is 0.351 e. The van der Waals surface area contributed by atoms with E-state index in [1.165, 1.54) is 0 Å². The number of nitrogens with two attached hydrogens (primary N) is 2. The minimum absolute atomic E-state index is 0.0327. The van der Waals surface area contributed by atoms with Crippen LogP contribution in [0.3, 0.4) is 0 Å². The second-order valence-electron chi connectivity index (χ2n) is 3.56. The summed E-state index contributed by atoms with van der Waals surface area (Å²) >= 11 is 0. The van der Waals surface area contributed by atoms with E-state index in [0.717, 1.165) is 6.54 Å². The summed E-state index contributed by atoms with van der Waals surface area (Å²) in [5, 5.41) is 0.